The van der Waals surface area contributed by atoms with Gasteiger partial charge in [-0.3, -0.25) is 4.52 Å². The lowest BCUT2D eigenvalue weighted by Gasteiger charge is -2.10. The Balaban J connectivity index is 3.49. The molecule has 0 radical (unpaired) electrons. The molecule has 0 saturated heterocycles. The second kappa shape index (κ2) is 6.54. The van der Waals surface area contributed by atoms with E-state index in [0.717, 1.165) is 0 Å². The molecule has 7 heteroatoms. The first-order valence-electron chi connectivity index (χ1n) is 3.71. The molecule has 0 saturated carbocycles. The zero-order valence-corrected chi connectivity index (χ0v) is 7.92. The molecular formula is C5H15N2O4P. The molecule has 74 valence electrons. The summed E-state index contributed by atoms with van der Waals surface area (Å²) in [5.41, 5.74) is 7.32. The summed E-state index contributed by atoms with van der Waals surface area (Å²) in [5.74, 6) is 0. The predicted octanol–water partition coefficient (Wildman–Crippen LogP) is -0.00670. The smallest absolute Gasteiger partial charge is 0.329 e. The average molecular weight is 198 g/mol. The third-order valence-corrected chi connectivity index (χ3v) is 1.75. The number of phosphoric acid groups is 1. The largest absolute Gasteiger partial charge is 0.488 e. The van der Waals surface area contributed by atoms with E-state index >= 15 is 0 Å². The quantitative estimate of drug-likeness (QED) is 0.302. The summed E-state index contributed by atoms with van der Waals surface area (Å²) in [6, 6.07) is 0. The van der Waals surface area contributed by atoms with E-state index in [9.17, 15) is 4.57 Å². The monoisotopic (exact) mass is 198 g/mol. The molecule has 0 aliphatic heterocycles. The van der Waals surface area contributed by atoms with E-state index < -0.39 is 7.82 Å². The van der Waals surface area contributed by atoms with Crippen LogP contribution in [0.15, 0.2) is 0 Å². The van der Waals surface area contributed by atoms with Crippen LogP contribution in [0.5, 0.6) is 0 Å². The first-order valence-corrected chi connectivity index (χ1v) is 5.20. The topological polar surface area (TPSA) is 93.8 Å². The minimum absolute atomic E-state index is 0.193. The second-order valence-electron chi connectivity index (χ2n) is 2.08. The van der Waals surface area contributed by atoms with Gasteiger partial charge in [-0.05, 0) is 6.42 Å². The Morgan fingerprint density at radius 2 is 2.33 bits per heavy atom. The summed E-state index contributed by atoms with van der Waals surface area (Å²) in [7, 11) is -3.91. The van der Waals surface area contributed by atoms with Gasteiger partial charge >= 0.3 is 7.82 Å². The van der Waals surface area contributed by atoms with Gasteiger partial charge in [0.2, 0.25) is 0 Å². The highest BCUT2D eigenvalue weighted by Crippen LogP contribution is 2.41. The minimum atomic E-state index is -3.91. The van der Waals surface area contributed by atoms with Crippen LogP contribution in [-0.2, 0) is 13.7 Å². The van der Waals surface area contributed by atoms with Gasteiger partial charge < -0.3 is 10.6 Å². The van der Waals surface area contributed by atoms with Crippen LogP contribution in [0.3, 0.4) is 0 Å². The highest BCUT2D eigenvalue weighted by atomic mass is 31.2. The standard InChI is InChI=1S/C5H15N2O4P/c1-2-5-10-12(8,9)11-7-4-3-6/h7H,2-6H2,1H3,(H,8,9). The number of rotatable bonds is 7. The number of nitrogens with one attached hydrogen (secondary N) is 1. The Labute approximate surface area is 71.6 Å². The van der Waals surface area contributed by atoms with Crippen LogP contribution in [0.1, 0.15) is 13.3 Å². The number of nitrogens with two attached hydrogens (primary N) is 1. The summed E-state index contributed by atoms with van der Waals surface area (Å²) in [6.45, 7) is 2.65. The van der Waals surface area contributed by atoms with Gasteiger partial charge in [0.25, 0.3) is 0 Å². The molecule has 12 heavy (non-hydrogen) atoms. The summed E-state index contributed by atoms with van der Waals surface area (Å²) >= 11 is 0. The first-order chi connectivity index (χ1) is 5.62. The SMILES string of the molecule is CCCOP(=O)(O)ONCCN. The van der Waals surface area contributed by atoms with Gasteiger partial charge in [-0.2, -0.15) is 10.1 Å². The molecule has 4 N–H and O–H groups in total. The molecule has 0 aromatic heterocycles. The lowest BCUT2D eigenvalue weighted by atomic mass is 10.5. The maximum Gasteiger partial charge on any atom is 0.488 e. The van der Waals surface area contributed by atoms with Crippen molar-refractivity contribution in [3.8, 4) is 0 Å². The maximum atomic E-state index is 10.9. The van der Waals surface area contributed by atoms with Gasteiger partial charge in [0.05, 0.1) is 6.61 Å². The van der Waals surface area contributed by atoms with Gasteiger partial charge in [-0.1, -0.05) is 6.92 Å². The van der Waals surface area contributed by atoms with Crippen LogP contribution in [-0.4, -0.2) is 24.6 Å². The van der Waals surface area contributed by atoms with Gasteiger partial charge in [0.1, 0.15) is 0 Å². The fourth-order valence-corrected chi connectivity index (χ4v) is 1.14. The zero-order chi connectivity index (χ0) is 9.45. The fraction of sp³-hybridized carbons (Fsp3) is 1.00. The number of hydrogen-bond acceptors (Lipinski definition) is 5. The molecule has 0 amide bonds. The molecule has 0 heterocycles. The van der Waals surface area contributed by atoms with Crippen LogP contribution < -0.4 is 11.2 Å². The Kier molecular flexibility index (Phi) is 6.55. The summed E-state index contributed by atoms with van der Waals surface area (Å²) in [5, 5.41) is 0. The van der Waals surface area contributed by atoms with Crippen molar-refractivity contribution in [2.75, 3.05) is 19.7 Å². The molecule has 1 atom stereocenters. The van der Waals surface area contributed by atoms with Crippen LogP contribution in [0.25, 0.3) is 0 Å². The molecule has 1 unspecified atom stereocenters. The molecule has 0 rings (SSSR count). The van der Waals surface area contributed by atoms with Gasteiger partial charge in [0, 0.05) is 13.1 Å². The molecule has 6 nitrogen and oxygen atoms in total. The number of phosphoric ester groups is 1. The number of hydrogen-bond donors (Lipinski definition) is 3. The van der Waals surface area contributed by atoms with Crippen LogP contribution in [0.4, 0.5) is 0 Å². The van der Waals surface area contributed by atoms with Crippen LogP contribution in [0, 0.1) is 0 Å². The Morgan fingerprint density at radius 3 is 2.83 bits per heavy atom. The van der Waals surface area contributed by atoms with Crippen LogP contribution in [0.2, 0.25) is 0 Å². The molecule has 0 fully saturated rings. The zero-order valence-electron chi connectivity index (χ0n) is 7.02. The molecule has 0 spiro atoms. The van der Waals surface area contributed by atoms with Crippen molar-refractivity contribution in [1.29, 1.82) is 0 Å². The van der Waals surface area contributed by atoms with Gasteiger partial charge in [-0.25, -0.2) is 4.57 Å². The third-order valence-electron chi connectivity index (χ3n) is 0.885. The molecule has 0 bridgehead atoms. The van der Waals surface area contributed by atoms with Gasteiger partial charge in [0.15, 0.2) is 0 Å². The van der Waals surface area contributed by atoms with Crippen molar-refractivity contribution in [3.05, 3.63) is 0 Å². The second-order valence-corrected chi connectivity index (χ2v) is 3.45. The Morgan fingerprint density at radius 1 is 1.67 bits per heavy atom. The van der Waals surface area contributed by atoms with Gasteiger partial charge in [-0.15, -0.1) is 0 Å². The summed E-state index contributed by atoms with van der Waals surface area (Å²) in [6.07, 6.45) is 0.658. The predicted molar refractivity (Wildman–Crippen MR) is 44.2 cm³/mol. The van der Waals surface area contributed by atoms with Crippen molar-refractivity contribution < 1.29 is 18.6 Å². The van der Waals surface area contributed by atoms with Crippen molar-refractivity contribution >= 4 is 7.82 Å². The third kappa shape index (κ3) is 6.72. The van der Waals surface area contributed by atoms with Crippen LogP contribution >= 0.6 is 7.82 Å². The lowest BCUT2D eigenvalue weighted by Crippen LogP contribution is -2.22. The van der Waals surface area contributed by atoms with E-state index in [-0.39, 0.29) is 6.61 Å². The van der Waals surface area contributed by atoms with Crippen molar-refractivity contribution in [3.63, 3.8) is 0 Å². The minimum Gasteiger partial charge on any atom is -0.329 e. The summed E-state index contributed by atoms with van der Waals surface area (Å²) in [4.78, 5) is 8.88. The molecule has 0 aromatic carbocycles. The lowest BCUT2D eigenvalue weighted by molar-refractivity contribution is 0.0984. The molecule has 0 aliphatic rings. The normalized spacial score (nSPS) is 15.9. The van der Waals surface area contributed by atoms with E-state index in [0.29, 0.717) is 19.5 Å². The van der Waals surface area contributed by atoms with Crippen molar-refractivity contribution in [1.82, 2.24) is 5.48 Å². The highest BCUT2D eigenvalue weighted by molar-refractivity contribution is 7.47. The molecular weight excluding hydrogens is 183 g/mol. The molecule has 0 aromatic rings. The van der Waals surface area contributed by atoms with E-state index in [2.05, 4.69) is 14.6 Å². The van der Waals surface area contributed by atoms with E-state index in [1.165, 1.54) is 0 Å². The maximum absolute atomic E-state index is 10.9. The first kappa shape index (κ1) is 12.0. The average Bonchev–Trinajstić information content (AvgIpc) is 2.01. The number of hydroxylamine groups is 1. The van der Waals surface area contributed by atoms with E-state index in [4.69, 9.17) is 10.6 Å². The Hall–Kier alpha value is 0.0300. The fourth-order valence-electron chi connectivity index (χ4n) is 0.419. The van der Waals surface area contributed by atoms with E-state index in [1.54, 1.807) is 0 Å². The molecule has 0 aliphatic carbocycles. The summed E-state index contributed by atoms with van der Waals surface area (Å²) < 4.78 is 19.7. The van der Waals surface area contributed by atoms with E-state index in [1.807, 2.05) is 6.92 Å². The highest BCUT2D eigenvalue weighted by Gasteiger charge is 2.19. The Bertz CT molecular complexity index is 154. The van der Waals surface area contributed by atoms with Crippen molar-refractivity contribution in [2.45, 2.75) is 13.3 Å². The van der Waals surface area contributed by atoms with Crippen molar-refractivity contribution in [2.24, 2.45) is 5.73 Å².